The molecule has 1 aliphatic carbocycles. The van der Waals surface area contributed by atoms with Gasteiger partial charge in [0.15, 0.2) is 0 Å². The summed E-state index contributed by atoms with van der Waals surface area (Å²) >= 11 is 0. The summed E-state index contributed by atoms with van der Waals surface area (Å²) in [4.78, 5) is 22.1. The van der Waals surface area contributed by atoms with E-state index in [1.807, 2.05) is 0 Å². The van der Waals surface area contributed by atoms with Crippen molar-refractivity contribution in [1.82, 2.24) is 0 Å². The Bertz CT molecular complexity index is 538. The largest absolute Gasteiger partial charge is 0.506 e. The van der Waals surface area contributed by atoms with E-state index in [0.29, 0.717) is 12.8 Å². The summed E-state index contributed by atoms with van der Waals surface area (Å²) < 4.78 is 0. The summed E-state index contributed by atoms with van der Waals surface area (Å²) in [7, 11) is 0. The first-order chi connectivity index (χ1) is 9.42. The Hall–Kier alpha value is -2.15. The maximum absolute atomic E-state index is 12.2. The van der Waals surface area contributed by atoms with E-state index in [-0.39, 0.29) is 23.0 Å². The molecule has 1 amide bonds. The number of nitrogens with zero attached hydrogens (tertiary/aromatic N) is 1. The van der Waals surface area contributed by atoms with Crippen LogP contribution in [-0.2, 0) is 4.79 Å². The first-order valence-corrected chi connectivity index (χ1v) is 6.50. The maximum atomic E-state index is 12.2. The topological polar surface area (TPSA) is 118 Å². The fourth-order valence-electron chi connectivity index (χ4n) is 2.40. The van der Waals surface area contributed by atoms with Gasteiger partial charge in [0.1, 0.15) is 5.75 Å². The molecule has 0 atom stereocenters. The van der Waals surface area contributed by atoms with Crippen molar-refractivity contribution in [3.63, 3.8) is 0 Å². The highest BCUT2D eigenvalue weighted by Gasteiger charge is 2.35. The molecule has 108 valence electrons. The van der Waals surface area contributed by atoms with Crippen molar-refractivity contribution < 1.29 is 14.8 Å². The summed E-state index contributed by atoms with van der Waals surface area (Å²) in [6.07, 6.45) is 4.07. The summed E-state index contributed by atoms with van der Waals surface area (Å²) in [6, 6.07) is 3.52. The number of nitro benzene ring substituents is 1. The highest BCUT2D eigenvalue weighted by molar-refractivity contribution is 5.99. The third kappa shape index (κ3) is 2.88. The molecule has 1 fully saturated rings. The number of carbonyl (C=O) groups excluding carboxylic acids is 1. The van der Waals surface area contributed by atoms with Crippen LogP contribution in [0.4, 0.5) is 11.4 Å². The number of phenols is 1. The molecular formula is C13H17N3O4. The van der Waals surface area contributed by atoms with E-state index in [1.54, 1.807) is 0 Å². The predicted octanol–water partition coefficient (Wildman–Crippen LogP) is 1.90. The van der Waals surface area contributed by atoms with Gasteiger partial charge in [-0.25, -0.2) is 0 Å². The molecule has 0 unspecified atom stereocenters. The molecular weight excluding hydrogens is 262 g/mol. The Morgan fingerprint density at radius 1 is 1.35 bits per heavy atom. The zero-order valence-electron chi connectivity index (χ0n) is 11.0. The van der Waals surface area contributed by atoms with Gasteiger partial charge < -0.3 is 16.2 Å². The minimum absolute atomic E-state index is 0.135. The Morgan fingerprint density at radius 3 is 2.55 bits per heavy atom. The molecule has 0 radical (unpaired) electrons. The first-order valence-electron chi connectivity index (χ1n) is 6.50. The van der Waals surface area contributed by atoms with Crippen molar-refractivity contribution in [2.24, 2.45) is 5.73 Å². The number of nitrogens with one attached hydrogen (secondary N) is 1. The van der Waals surface area contributed by atoms with Gasteiger partial charge in [-0.2, -0.15) is 0 Å². The fourth-order valence-corrected chi connectivity index (χ4v) is 2.40. The number of amides is 1. The Balaban J connectivity index is 2.13. The van der Waals surface area contributed by atoms with E-state index >= 15 is 0 Å². The van der Waals surface area contributed by atoms with Gasteiger partial charge >= 0.3 is 0 Å². The second-order valence-electron chi connectivity index (χ2n) is 5.13. The van der Waals surface area contributed by atoms with Crippen LogP contribution in [0.3, 0.4) is 0 Å². The maximum Gasteiger partial charge on any atom is 0.273 e. The molecule has 0 aliphatic heterocycles. The summed E-state index contributed by atoms with van der Waals surface area (Å²) in [5.74, 6) is -0.701. The van der Waals surface area contributed by atoms with Crippen LogP contribution in [0, 0.1) is 10.1 Å². The van der Waals surface area contributed by atoms with Crippen LogP contribution < -0.4 is 11.1 Å². The van der Waals surface area contributed by atoms with Crippen molar-refractivity contribution in [2.45, 2.75) is 37.6 Å². The standard InChI is InChI=1S/C13H17N3O4/c14-13(6-2-1-3-7-13)12(18)15-10-5-4-9(16(19)20)8-11(10)17/h4-5,8,17H,1-3,6-7,14H2,(H,15,18). The quantitative estimate of drug-likeness (QED) is 0.443. The van der Waals surface area contributed by atoms with Crippen molar-refractivity contribution in [1.29, 1.82) is 0 Å². The van der Waals surface area contributed by atoms with Crippen LogP contribution in [0.2, 0.25) is 0 Å². The monoisotopic (exact) mass is 279 g/mol. The molecule has 0 saturated heterocycles. The number of benzene rings is 1. The third-order valence-corrected chi connectivity index (χ3v) is 3.64. The van der Waals surface area contributed by atoms with Crippen LogP contribution in [0.1, 0.15) is 32.1 Å². The van der Waals surface area contributed by atoms with E-state index in [4.69, 9.17) is 5.73 Å². The van der Waals surface area contributed by atoms with Crippen molar-refractivity contribution in [2.75, 3.05) is 5.32 Å². The second-order valence-corrected chi connectivity index (χ2v) is 5.13. The summed E-state index contributed by atoms with van der Waals surface area (Å²) in [5, 5.41) is 22.8. The van der Waals surface area contributed by atoms with Crippen LogP contribution in [0.25, 0.3) is 0 Å². The van der Waals surface area contributed by atoms with E-state index in [0.717, 1.165) is 25.3 Å². The molecule has 0 aromatic heterocycles. The Kier molecular flexibility index (Phi) is 3.89. The van der Waals surface area contributed by atoms with Gasteiger partial charge in [-0.05, 0) is 18.9 Å². The number of nitrogens with two attached hydrogens (primary N) is 1. The van der Waals surface area contributed by atoms with E-state index in [2.05, 4.69) is 5.32 Å². The fraction of sp³-hybridized carbons (Fsp3) is 0.462. The van der Waals surface area contributed by atoms with E-state index in [1.165, 1.54) is 12.1 Å². The van der Waals surface area contributed by atoms with Gasteiger partial charge in [0.05, 0.1) is 22.2 Å². The Labute approximate surface area is 115 Å². The number of anilines is 1. The van der Waals surface area contributed by atoms with Gasteiger partial charge in [0, 0.05) is 6.07 Å². The van der Waals surface area contributed by atoms with Crippen LogP contribution in [0.5, 0.6) is 5.75 Å². The van der Waals surface area contributed by atoms with Gasteiger partial charge in [-0.15, -0.1) is 0 Å². The lowest BCUT2D eigenvalue weighted by Crippen LogP contribution is -2.52. The summed E-state index contributed by atoms with van der Waals surface area (Å²) in [6.45, 7) is 0. The van der Waals surface area contributed by atoms with Crippen LogP contribution >= 0.6 is 0 Å². The molecule has 1 aromatic carbocycles. The van der Waals surface area contributed by atoms with Gasteiger partial charge in [-0.3, -0.25) is 14.9 Å². The number of phenolic OH excluding ortho intramolecular Hbond substituents is 1. The molecule has 1 aliphatic rings. The zero-order chi connectivity index (χ0) is 14.8. The molecule has 20 heavy (non-hydrogen) atoms. The smallest absolute Gasteiger partial charge is 0.273 e. The lowest BCUT2D eigenvalue weighted by atomic mass is 9.82. The Morgan fingerprint density at radius 2 is 2.00 bits per heavy atom. The van der Waals surface area contributed by atoms with E-state index in [9.17, 15) is 20.0 Å². The second kappa shape index (κ2) is 5.46. The van der Waals surface area contributed by atoms with E-state index < -0.39 is 10.5 Å². The number of hydrogen-bond donors (Lipinski definition) is 3. The van der Waals surface area contributed by atoms with Crippen molar-refractivity contribution in [3.8, 4) is 5.75 Å². The number of rotatable bonds is 3. The number of carbonyl (C=O) groups is 1. The van der Waals surface area contributed by atoms with Crippen molar-refractivity contribution >= 4 is 17.3 Å². The average molecular weight is 279 g/mol. The zero-order valence-corrected chi connectivity index (χ0v) is 11.0. The molecule has 0 bridgehead atoms. The molecule has 4 N–H and O–H groups in total. The molecule has 7 nitrogen and oxygen atoms in total. The highest BCUT2D eigenvalue weighted by atomic mass is 16.6. The lowest BCUT2D eigenvalue weighted by molar-refractivity contribution is -0.384. The minimum Gasteiger partial charge on any atom is -0.506 e. The highest BCUT2D eigenvalue weighted by Crippen LogP contribution is 2.31. The van der Waals surface area contributed by atoms with Crippen LogP contribution in [-0.4, -0.2) is 21.5 Å². The molecule has 0 heterocycles. The summed E-state index contributed by atoms with van der Waals surface area (Å²) in [5.41, 5.74) is 5.05. The SMILES string of the molecule is NC1(C(=O)Nc2ccc([N+](=O)[O-])cc2O)CCCCC1. The average Bonchev–Trinajstić information content (AvgIpc) is 2.41. The number of nitro groups is 1. The number of aromatic hydroxyl groups is 1. The number of non-ortho nitro benzene ring substituents is 1. The van der Waals surface area contributed by atoms with Gasteiger partial charge in [-0.1, -0.05) is 19.3 Å². The minimum atomic E-state index is -0.924. The molecule has 1 aromatic rings. The lowest BCUT2D eigenvalue weighted by Gasteiger charge is -2.31. The van der Waals surface area contributed by atoms with Gasteiger partial charge in [0.2, 0.25) is 5.91 Å². The molecule has 2 rings (SSSR count). The predicted molar refractivity (Wildman–Crippen MR) is 73.4 cm³/mol. The first kappa shape index (κ1) is 14.3. The molecule has 0 spiro atoms. The normalized spacial score (nSPS) is 17.4. The molecule has 7 heteroatoms. The van der Waals surface area contributed by atoms with Crippen LogP contribution in [0.15, 0.2) is 18.2 Å². The van der Waals surface area contributed by atoms with Crippen molar-refractivity contribution in [3.05, 3.63) is 28.3 Å². The third-order valence-electron chi connectivity index (χ3n) is 3.64. The van der Waals surface area contributed by atoms with Gasteiger partial charge in [0.25, 0.3) is 5.69 Å². The number of hydrogen-bond acceptors (Lipinski definition) is 5. The molecule has 1 saturated carbocycles.